The Morgan fingerprint density at radius 2 is 1.94 bits per heavy atom. The van der Waals surface area contributed by atoms with E-state index in [0.29, 0.717) is 0 Å². The van der Waals surface area contributed by atoms with E-state index in [1.54, 1.807) is 24.3 Å². The first-order chi connectivity index (χ1) is 7.49. The number of benzene rings is 1. The van der Waals surface area contributed by atoms with E-state index in [9.17, 15) is 10.1 Å². The monoisotopic (exact) mass is 221 g/mol. The molecule has 0 radical (unpaired) electrons. The van der Waals surface area contributed by atoms with E-state index < -0.39 is 4.92 Å². The van der Waals surface area contributed by atoms with Crippen LogP contribution in [-0.4, -0.2) is 11.0 Å². The predicted molar refractivity (Wildman–Crippen MR) is 62.9 cm³/mol. The van der Waals surface area contributed by atoms with Gasteiger partial charge in [0, 0.05) is 13.0 Å². The lowest BCUT2D eigenvalue weighted by Crippen LogP contribution is -2.05. The zero-order valence-electron chi connectivity index (χ0n) is 9.64. The van der Waals surface area contributed by atoms with E-state index in [-0.39, 0.29) is 11.8 Å². The Morgan fingerprint density at radius 1 is 1.38 bits per heavy atom. The maximum absolute atomic E-state index is 10.4. The molecule has 86 valence electrons. The third-order valence-electron chi connectivity index (χ3n) is 1.92. The van der Waals surface area contributed by atoms with Gasteiger partial charge in [-0.1, -0.05) is 12.1 Å². The molecule has 0 unspecified atom stereocenters. The number of hydrogen-bond donors (Lipinski definition) is 0. The predicted octanol–water partition coefficient (Wildman–Crippen LogP) is 3.11. The first-order valence-electron chi connectivity index (χ1n) is 5.08. The van der Waals surface area contributed by atoms with Gasteiger partial charge in [0.15, 0.2) is 0 Å². The lowest BCUT2D eigenvalue weighted by atomic mass is 10.2. The van der Waals surface area contributed by atoms with Crippen LogP contribution < -0.4 is 4.74 Å². The second-order valence-electron chi connectivity index (χ2n) is 3.78. The average Bonchev–Trinajstić information content (AvgIpc) is 2.20. The number of nitro groups is 1. The fraction of sp³-hybridized carbons (Fsp3) is 0.333. The van der Waals surface area contributed by atoms with Crippen LogP contribution in [0.2, 0.25) is 0 Å². The van der Waals surface area contributed by atoms with Gasteiger partial charge in [0.05, 0.1) is 11.0 Å². The summed E-state index contributed by atoms with van der Waals surface area (Å²) in [7, 11) is 0. The van der Waals surface area contributed by atoms with Crippen LogP contribution in [0.4, 0.5) is 0 Å². The number of ether oxygens (including phenoxy) is 1. The van der Waals surface area contributed by atoms with Crippen LogP contribution in [0.3, 0.4) is 0 Å². The summed E-state index contributed by atoms with van der Waals surface area (Å²) in [5.41, 5.74) is 0.919. The van der Waals surface area contributed by atoms with Crippen LogP contribution in [0.5, 0.6) is 5.75 Å². The van der Waals surface area contributed by atoms with Gasteiger partial charge in [-0.3, -0.25) is 10.1 Å². The van der Waals surface area contributed by atoms with Gasteiger partial charge in [-0.25, -0.2) is 0 Å². The minimum atomic E-state index is -0.404. The summed E-state index contributed by atoms with van der Waals surface area (Å²) in [6, 6.07) is 7.20. The lowest BCUT2D eigenvalue weighted by Gasteiger charge is -2.09. The third-order valence-corrected chi connectivity index (χ3v) is 1.92. The Morgan fingerprint density at radius 3 is 2.38 bits per heavy atom. The van der Waals surface area contributed by atoms with E-state index in [4.69, 9.17) is 4.74 Å². The average molecular weight is 221 g/mol. The quantitative estimate of drug-likeness (QED) is 0.579. The first kappa shape index (κ1) is 12.2. The van der Waals surface area contributed by atoms with Crippen LogP contribution in [0.15, 0.2) is 30.0 Å². The minimum Gasteiger partial charge on any atom is -0.491 e. The highest BCUT2D eigenvalue weighted by atomic mass is 16.6. The van der Waals surface area contributed by atoms with Crippen molar-refractivity contribution in [3.8, 4) is 5.75 Å². The van der Waals surface area contributed by atoms with E-state index in [1.165, 1.54) is 13.0 Å². The zero-order chi connectivity index (χ0) is 12.1. The molecule has 0 amide bonds. The molecule has 0 aliphatic carbocycles. The molecule has 0 aromatic heterocycles. The second kappa shape index (κ2) is 5.30. The van der Waals surface area contributed by atoms with Crippen molar-refractivity contribution in [1.82, 2.24) is 0 Å². The first-order valence-corrected chi connectivity index (χ1v) is 5.08. The van der Waals surface area contributed by atoms with E-state index in [0.717, 1.165) is 11.3 Å². The summed E-state index contributed by atoms with van der Waals surface area (Å²) in [5, 5.41) is 10.4. The molecule has 0 saturated carbocycles. The van der Waals surface area contributed by atoms with Gasteiger partial charge in [-0.05, 0) is 31.5 Å². The highest BCUT2D eigenvalue weighted by Gasteiger charge is 2.02. The molecule has 0 bridgehead atoms. The highest BCUT2D eigenvalue weighted by Crippen LogP contribution is 2.15. The Labute approximate surface area is 94.7 Å². The van der Waals surface area contributed by atoms with E-state index in [1.807, 2.05) is 13.8 Å². The number of rotatable bonds is 4. The summed E-state index contributed by atoms with van der Waals surface area (Å²) in [6.07, 6.45) is 1.65. The van der Waals surface area contributed by atoms with Gasteiger partial charge in [0.25, 0.3) is 0 Å². The maximum Gasteiger partial charge on any atom is 0.243 e. The number of allylic oxidation sites excluding steroid dienone is 1. The lowest BCUT2D eigenvalue weighted by molar-refractivity contribution is -0.422. The molecule has 1 aromatic carbocycles. The summed E-state index contributed by atoms with van der Waals surface area (Å²) in [6.45, 7) is 5.37. The van der Waals surface area contributed by atoms with E-state index in [2.05, 4.69) is 0 Å². The van der Waals surface area contributed by atoms with Crippen molar-refractivity contribution in [2.24, 2.45) is 0 Å². The Bertz CT molecular complexity index is 393. The molecular formula is C12H15NO3. The molecule has 0 atom stereocenters. The van der Waals surface area contributed by atoms with Gasteiger partial charge >= 0.3 is 0 Å². The Balaban J connectivity index is 2.79. The SMILES string of the molecule is CC(=Cc1ccc(OC(C)C)cc1)[N+](=O)[O-]. The molecule has 0 fully saturated rings. The van der Waals surface area contributed by atoms with Crippen molar-refractivity contribution < 1.29 is 9.66 Å². The van der Waals surface area contributed by atoms with Crippen molar-refractivity contribution in [1.29, 1.82) is 0 Å². The number of hydrogen-bond acceptors (Lipinski definition) is 3. The fourth-order valence-corrected chi connectivity index (χ4v) is 1.21. The molecule has 0 spiro atoms. The summed E-state index contributed by atoms with van der Waals surface area (Å²) in [5.74, 6) is 0.769. The van der Waals surface area contributed by atoms with Gasteiger partial charge < -0.3 is 4.74 Å². The van der Waals surface area contributed by atoms with Gasteiger partial charge in [-0.15, -0.1) is 0 Å². The van der Waals surface area contributed by atoms with Crippen molar-refractivity contribution in [3.63, 3.8) is 0 Å². The standard InChI is InChI=1S/C12H15NO3/c1-9(2)16-12-6-4-11(5-7-12)8-10(3)13(14)15/h4-9H,1-3H3. The fourth-order valence-electron chi connectivity index (χ4n) is 1.21. The van der Waals surface area contributed by atoms with Gasteiger partial charge in [0.2, 0.25) is 5.70 Å². The maximum atomic E-state index is 10.4. The van der Waals surface area contributed by atoms with Crippen LogP contribution in [-0.2, 0) is 0 Å². The van der Waals surface area contributed by atoms with Crippen molar-refractivity contribution in [2.75, 3.05) is 0 Å². The van der Waals surface area contributed by atoms with Crippen LogP contribution >= 0.6 is 0 Å². The molecule has 0 heterocycles. The third kappa shape index (κ3) is 3.73. The molecule has 0 aliphatic heterocycles. The molecule has 4 heteroatoms. The topological polar surface area (TPSA) is 52.4 Å². The summed E-state index contributed by atoms with van der Waals surface area (Å²) >= 11 is 0. The molecule has 16 heavy (non-hydrogen) atoms. The van der Waals surface area contributed by atoms with Crippen molar-refractivity contribution >= 4 is 6.08 Å². The minimum absolute atomic E-state index is 0.123. The van der Waals surface area contributed by atoms with Crippen molar-refractivity contribution in [2.45, 2.75) is 26.9 Å². The van der Waals surface area contributed by atoms with Gasteiger partial charge in [0.1, 0.15) is 5.75 Å². The number of nitrogens with zero attached hydrogens (tertiary/aromatic N) is 1. The van der Waals surface area contributed by atoms with Crippen molar-refractivity contribution in [3.05, 3.63) is 45.6 Å². The molecule has 0 aliphatic rings. The molecule has 1 aromatic rings. The van der Waals surface area contributed by atoms with Crippen LogP contribution in [0.1, 0.15) is 26.3 Å². The smallest absolute Gasteiger partial charge is 0.243 e. The molecule has 0 saturated heterocycles. The van der Waals surface area contributed by atoms with E-state index >= 15 is 0 Å². The zero-order valence-corrected chi connectivity index (χ0v) is 9.64. The largest absolute Gasteiger partial charge is 0.491 e. The second-order valence-corrected chi connectivity index (χ2v) is 3.78. The highest BCUT2D eigenvalue weighted by molar-refractivity contribution is 5.51. The Hall–Kier alpha value is -1.84. The molecule has 4 nitrogen and oxygen atoms in total. The summed E-state index contributed by atoms with van der Waals surface area (Å²) < 4.78 is 5.47. The van der Waals surface area contributed by atoms with Crippen LogP contribution in [0, 0.1) is 10.1 Å². The normalized spacial score (nSPS) is 11.6. The molecule has 0 N–H and O–H groups in total. The van der Waals surface area contributed by atoms with Crippen LogP contribution in [0.25, 0.3) is 6.08 Å². The molecular weight excluding hydrogens is 206 g/mol. The summed E-state index contributed by atoms with van der Waals surface area (Å²) in [4.78, 5) is 10.0. The Kier molecular flexibility index (Phi) is 4.05. The molecule has 1 rings (SSSR count). The van der Waals surface area contributed by atoms with Gasteiger partial charge in [-0.2, -0.15) is 0 Å².